The molecule has 1 aromatic carbocycles. The molecular weight excluding hydrogens is 178 g/mol. The molecule has 0 N–H and O–H groups in total. The van der Waals surface area contributed by atoms with Crippen LogP contribution < -0.4 is 0 Å². The molecule has 0 aliphatic heterocycles. The summed E-state index contributed by atoms with van der Waals surface area (Å²) in [6.07, 6.45) is 3.46. The maximum Gasteiger partial charge on any atom is 0.337 e. The third kappa shape index (κ3) is 1.44. The Balaban J connectivity index is 2.56. The fourth-order valence-electron chi connectivity index (χ4n) is 1.33. The Bertz CT molecular complexity index is 479. The number of carbonyl (C=O) groups excluding carboxylic acids is 1. The standard InChI is InChI=1S/C11H9NO2/c1-14-11(13)9-2-3-10-7-12-5-4-8(10)6-9/h2-7H,1H3. The zero-order valence-electron chi connectivity index (χ0n) is 7.73. The van der Waals surface area contributed by atoms with Crippen LogP contribution in [0.1, 0.15) is 10.4 Å². The number of hydrogen-bond acceptors (Lipinski definition) is 3. The zero-order chi connectivity index (χ0) is 9.97. The summed E-state index contributed by atoms with van der Waals surface area (Å²) in [5.74, 6) is -0.316. The zero-order valence-corrected chi connectivity index (χ0v) is 7.73. The highest BCUT2D eigenvalue weighted by atomic mass is 16.5. The van der Waals surface area contributed by atoms with Crippen LogP contribution in [-0.4, -0.2) is 18.1 Å². The van der Waals surface area contributed by atoms with Gasteiger partial charge in [0.05, 0.1) is 12.7 Å². The molecule has 0 saturated heterocycles. The van der Waals surface area contributed by atoms with Crippen molar-refractivity contribution in [2.24, 2.45) is 0 Å². The number of ether oxygens (including phenoxy) is 1. The van der Waals surface area contributed by atoms with Gasteiger partial charge in [-0.25, -0.2) is 4.79 Å². The topological polar surface area (TPSA) is 39.2 Å². The average Bonchev–Trinajstić information content (AvgIpc) is 2.27. The van der Waals surface area contributed by atoms with Gasteiger partial charge in [0.2, 0.25) is 0 Å². The molecular formula is C11H9NO2. The van der Waals surface area contributed by atoms with Crippen molar-refractivity contribution in [2.45, 2.75) is 0 Å². The van der Waals surface area contributed by atoms with Crippen molar-refractivity contribution in [1.29, 1.82) is 0 Å². The number of pyridine rings is 1. The number of fused-ring (bicyclic) bond motifs is 1. The number of methoxy groups -OCH3 is 1. The van der Waals surface area contributed by atoms with E-state index in [1.807, 2.05) is 12.1 Å². The predicted octanol–water partition coefficient (Wildman–Crippen LogP) is 2.02. The van der Waals surface area contributed by atoms with Crippen molar-refractivity contribution in [3.63, 3.8) is 0 Å². The van der Waals surface area contributed by atoms with Gasteiger partial charge in [0, 0.05) is 17.8 Å². The van der Waals surface area contributed by atoms with Crippen LogP contribution in [0.5, 0.6) is 0 Å². The molecule has 14 heavy (non-hydrogen) atoms. The Morgan fingerprint density at radius 3 is 2.93 bits per heavy atom. The number of benzene rings is 1. The molecule has 0 unspecified atom stereocenters. The summed E-state index contributed by atoms with van der Waals surface area (Å²) in [4.78, 5) is 15.2. The van der Waals surface area contributed by atoms with E-state index >= 15 is 0 Å². The average molecular weight is 187 g/mol. The Labute approximate surface area is 81.3 Å². The van der Waals surface area contributed by atoms with Crippen LogP contribution in [0.15, 0.2) is 36.7 Å². The summed E-state index contributed by atoms with van der Waals surface area (Å²) >= 11 is 0. The number of hydrogen-bond donors (Lipinski definition) is 0. The van der Waals surface area contributed by atoms with Crippen LogP contribution in [0, 0.1) is 0 Å². The molecule has 2 rings (SSSR count). The first-order chi connectivity index (χ1) is 6.81. The molecule has 3 nitrogen and oxygen atoms in total. The number of rotatable bonds is 1. The van der Waals surface area contributed by atoms with Gasteiger partial charge in [0.25, 0.3) is 0 Å². The number of esters is 1. The lowest BCUT2D eigenvalue weighted by Gasteiger charge is -2.00. The number of carbonyl (C=O) groups is 1. The van der Waals surface area contributed by atoms with E-state index in [2.05, 4.69) is 9.72 Å². The summed E-state index contributed by atoms with van der Waals surface area (Å²) in [7, 11) is 1.37. The molecule has 70 valence electrons. The van der Waals surface area contributed by atoms with Gasteiger partial charge in [0.1, 0.15) is 0 Å². The molecule has 0 aliphatic carbocycles. The van der Waals surface area contributed by atoms with Crippen LogP contribution in [0.3, 0.4) is 0 Å². The third-order valence-corrected chi connectivity index (χ3v) is 2.06. The van der Waals surface area contributed by atoms with Crippen LogP contribution in [0.4, 0.5) is 0 Å². The SMILES string of the molecule is COC(=O)c1ccc2cnccc2c1. The van der Waals surface area contributed by atoms with Crippen molar-refractivity contribution in [3.8, 4) is 0 Å². The van der Waals surface area contributed by atoms with Gasteiger partial charge in [-0.2, -0.15) is 0 Å². The smallest absolute Gasteiger partial charge is 0.337 e. The molecule has 0 radical (unpaired) electrons. The summed E-state index contributed by atoms with van der Waals surface area (Å²) in [6.45, 7) is 0. The monoisotopic (exact) mass is 187 g/mol. The summed E-state index contributed by atoms with van der Waals surface area (Å²) in [6, 6.07) is 7.25. The molecule has 1 aromatic heterocycles. The first kappa shape index (κ1) is 8.69. The van der Waals surface area contributed by atoms with E-state index in [0.717, 1.165) is 10.8 Å². The van der Waals surface area contributed by atoms with Gasteiger partial charge in [-0.1, -0.05) is 6.07 Å². The number of aromatic nitrogens is 1. The Kier molecular flexibility index (Phi) is 2.14. The second kappa shape index (κ2) is 3.46. The maximum absolute atomic E-state index is 11.2. The summed E-state index contributed by atoms with van der Waals surface area (Å²) in [5.41, 5.74) is 0.561. The Hall–Kier alpha value is -1.90. The summed E-state index contributed by atoms with van der Waals surface area (Å²) < 4.78 is 4.63. The first-order valence-corrected chi connectivity index (χ1v) is 4.23. The van der Waals surface area contributed by atoms with E-state index in [1.165, 1.54) is 7.11 Å². The Morgan fingerprint density at radius 2 is 2.14 bits per heavy atom. The first-order valence-electron chi connectivity index (χ1n) is 4.23. The van der Waals surface area contributed by atoms with Crippen LogP contribution >= 0.6 is 0 Å². The molecule has 0 bridgehead atoms. The van der Waals surface area contributed by atoms with Crippen molar-refractivity contribution < 1.29 is 9.53 Å². The van der Waals surface area contributed by atoms with Gasteiger partial charge in [-0.3, -0.25) is 4.98 Å². The predicted molar refractivity (Wildman–Crippen MR) is 53.1 cm³/mol. The van der Waals surface area contributed by atoms with Crippen molar-refractivity contribution in [2.75, 3.05) is 7.11 Å². The Morgan fingerprint density at radius 1 is 1.29 bits per heavy atom. The minimum atomic E-state index is -0.316. The fourth-order valence-corrected chi connectivity index (χ4v) is 1.33. The van der Waals surface area contributed by atoms with E-state index in [0.29, 0.717) is 5.56 Å². The highest BCUT2D eigenvalue weighted by Crippen LogP contribution is 2.14. The molecule has 0 aliphatic rings. The van der Waals surface area contributed by atoms with Crippen molar-refractivity contribution >= 4 is 16.7 Å². The van der Waals surface area contributed by atoms with Gasteiger partial charge < -0.3 is 4.74 Å². The molecule has 1 heterocycles. The van der Waals surface area contributed by atoms with Crippen molar-refractivity contribution in [3.05, 3.63) is 42.2 Å². The minimum absolute atomic E-state index is 0.316. The molecule has 0 amide bonds. The molecule has 0 atom stereocenters. The van der Waals surface area contributed by atoms with E-state index in [9.17, 15) is 4.79 Å². The molecule has 0 spiro atoms. The lowest BCUT2D eigenvalue weighted by atomic mass is 10.1. The van der Waals surface area contributed by atoms with Crippen LogP contribution in [0.25, 0.3) is 10.8 Å². The maximum atomic E-state index is 11.2. The second-order valence-electron chi connectivity index (χ2n) is 2.93. The molecule has 3 heteroatoms. The van der Waals surface area contributed by atoms with Crippen molar-refractivity contribution in [1.82, 2.24) is 4.98 Å². The van der Waals surface area contributed by atoms with E-state index in [1.54, 1.807) is 24.5 Å². The molecule has 2 aromatic rings. The van der Waals surface area contributed by atoms with E-state index < -0.39 is 0 Å². The normalized spacial score (nSPS) is 10.1. The number of nitrogens with zero attached hydrogens (tertiary/aromatic N) is 1. The fraction of sp³-hybridized carbons (Fsp3) is 0.0909. The lowest BCUT2D eigenvalue weighted by molar-refractivity contribution is 0.0601. The van der Waals surface area contributed by atoms with Gasteiger partial charge >= 0.3 is 5.97 Å². The highest BCUT2D eigenvalue weighted by molar-refractivity contribution is 5.95. The van der Waals surface area contributed by atoms with E-state index in [4.69, 9.17) is 0 Å². The quantitative estimate of drug-likeness (QED) is 0.641. The van der Waals surface area contributed by atoms with Gasteiger partial charge in [0.15, 0.2) is 0 Å². The van der Waals surface area contributed by atoms with Crippen LogP contribution in [-0.2, 0) is 4.74 Å². The third-order valence-electron chi connectivity index (χ3n) is 2.06. The summed E-state index contributed by atoms with van der Waals surface area (Å²) in [5, 5.41) is 2.00. The van der Waals surface area contributed by atoms with Gasteiger partial charge in [-0.15, -0.1) is 0 Å². The molecule has 0 fully saturated rings. The molecule has 0 saturated carbocycles. The second-order valence-corrected chi connectivity index (χ2v) is 2.93. The largest absolute Gasteiger partial charge is 0.465 e. The van der Waals surface area contributed by atoms with E-state index in [-0.39, 0.29) is 5.97 Å². The van der Waals surface area contributed by atoms with Crippen LogP contribution in [0.2, 0.25) is 0 Å². The minimum Gasteiger partial charge on any atom is -0.465 e. The lowest BCUT2D eigenvalue weighted by Crippen LogP contribution is -2.00. The highest BCUT2D eigenvalue weighted by Gasteiger charge is 2.04. The van der Waals surface area contributed by atoms with Gasteiger partial charge in [-0.05, 0) is 23.6 Å².